The van der Waals surface area contributed by atoms with E-state index in [0.29, 0.717) is 13.0 Å². The summed E-state index contributed by atoms with van der Waals surface area (Å²) in [4.78, 5) is 24.1. The number of amides is 1. The third-order valence-electron chi connectivity index (χ3n) is 3.80. The van der Waals surface area contributed by atoms with Crippen LogP contribution in [0.3, 0.4) is 0 Å². The highest BCUT2D eigenvalue weighted by atomic mass is 16.6. The lowest BCUT2D eigenvalue weighted by Crippen LogP contribution is -2.33. The number of rotatable bonds is 4. The summed E-state index contributed by atoms with van der Waals surface area (Å²) in [5, 5.41) is 2.82. The Hall–Kier alpha value is -2.62. The number of nitrogens with one attached hydrogen (secondary N) is 1. The van der Waals surface area contributed by atoms with Gasteiger partial charge < -0.3 is 10.1 Å². The summed E-state index contributed by atoms with van der Waals surface area (Å²) >= 11 is 0. The molecule has 0 aromatic heterocycles. The molecule has 0 aliphatic carbocycles. The van der Waals surface area contributed by atoms with Crippen molar-refractivity contribution in [2.24, 2.45) is 0 Å². The maximum Gasteiger partial charge on any atom is 0.314 e. The molecule has 2 aromatic carbocycles. The number of ether oxygens (including phenoxy) is 1. The van der Waals surface area contributed by atoms with Gasteiger partial charge in [-0.15, -0.1) is 0 Å². The Morgan fingerprint density at radius 1 is 1.05 bits per heavy atom. The summed E-state index contributed by atoms with van der Waals surface area (Å²) < 4.78 is 5.23. The van der Waals surface area contributed by atoms with Crippen LogP contribution in [0, 0.1) is 0 Å². The average molecular weight is 295 g/mol. The first kappa shape index (κ1) is 14.3. The first-order valence-corrected chi connectivity index (χ1v) is 7.31. The Labute approximate surface area is 129 Å². The molecular formula is C18H17NO3. The molecule has 2 aromatic rings. The molecule has 1 fully saturated rings. The molecule has 4 heteroatoms. The molecule has 2 unspecified atom stereocenters. The van der Waals surface area contributed by atoms with Gasteiger partial charge in [-0.25, -0.2) is 0 Å². The van der Waals surface area contributed by atoms with Crippen molar-refractivity contribution in [1.82, 2.24) is 5.32 Å². The summed E-state index contributed by atoms with van der Waals surface area (Å²) in [6.07, 6.45) is -0.315. The molecule has 0 spiro atoms. The topological polar surface area (TPSA) is 55.4 Å². The molecular weight excluding hydrogens is 278 g/mol. The molecule has 1 aliphatic rings. The van der Waals surface area contributed by atoms with Gasteiger partial charge in [0.05, 0.1) is 5.92 Å². The molecule has 1 heterocycles. The lowest BCUT2D eigenvalue weighted by molar-refractivity contribution is -0.148. The van der Waals surface area contributed by atoms with Crippen molar-refractivity contribution in [2.45, 2.75) is 25.0 Å². The van der Waals surface area contributed by atoms with Gasteiger partial charge in [0.1, 0.15) is 0 Å². The molecule has 112 valence electrons. The van der Waals surface area contributed by atoms with Gasteiger partial charge in [0, 0.05) is 13.0 Å². The second-order valence-electron chi connectivity index (χ2n) is 5.33. The number of hydrogen-bond acceptors (Lipinski definition) is 3. The monoisotopic (exact) mass is 295 g/mol. The van der Waals surface area contributed by atoms with E-state index in [1.165, 1.54) is 0 Å². The van der Waals surface area contributed by atoms with Crippen LogP contribution in [0.2, 0.25) is 0 Å². The fraction of sp³-hybridized carbons (Fsp3) is 0.222. The van der Waals surface area contributed by atoms with Crippen LogP contribution in [0.4, 0.5) is 0 Å². The molecule has 0 radical (unpaired) electrons. The number of carbonyl (C=O) groups is 2. The first-order chi connectivity index (χ1) is 10.7. The standard InChI is InChI=1S/C18H17NO3/c20-17(19-12-13-7-3-1-4-8-13)16-11-15(18(21)22-16)14-9-5-2-6-10-14/h1-10,15-16H,11-12H2,(H,19,20). The Bertz CT molecular complexity index is 655. The van der Waals surface area contributed by atoms with E-state index in [0.717, 1.165) is 11.1 Å². The smallest absolute Gasteiger partial charge is 0.314 e. The highest BCUT2D eigenvalue weighted by molar-refractivity contribution is 5.89. The van der Waals surface area contributed by atoms with Crippen LogP contribution in [0.15, 0.2) is 60.7 Å². The highest BCUT2D eigenvalue weighted by Crippen LogP contribution is 2.30. The second-order valence-corrected chi connectivity index (χ2v) is 5.33. The van der Waals surface area contributed by atoms with E-state index in [1.54, 1.807) is 0 Å². The zero-order chi connectivity index (χ0) is 15.4. The fourth-order valence-electron chi connectivity index (χ4n) is 2.60. The van der Waals surface area contributed by atoms with Gasteiger partial charge in [0.2, 0.25) is 0 Å². The summed E-state index contributed by atoms with van der Waals surface area (Å²) in [5.74, 6) is -0.921. The summed E-state index contributed by atoms with van der Waals surface area (Å²) in [6, 6.07) is 19.1. The maximum absolute atomic E-state index is 12.2. The minimum Gasteiger partial charge on any atom is -0.452 e. The summed E-state index contributed by atoms with van der Waals surface area (Å²) in [7, 11) is 0. The average Bonchev–Trinajstić information content (AvgIpc) is 2.96. The Morgan fingerprint density at radius 2 is 1.68 bits per heavy atom. The van der Waals surface area contributed by atoms with Crippen molar-refractivity contribution < 1.29 is 14.3 Å². The van der Waals surface area contributed by atoms with Crippen molar-refractivity contribution in [1.29, 1.82) is 0 Å². The summed E-state index contributed by atoms with van der Waals surface area (Å²) in [6.45, 7) is 0.434. The van der Waals surface area contributed by atoms with E-state index >= 15 is 0 Å². The van der Waals surface area contributed by atoms with Crippen LogP contribution in [-0.4, -0.2) is 18.0 Å². The second kappa shape index (κ2) is 6.43. The quantitative estimate of drug-likeness (QED) is 0.881. The first-order valence-electron chi connectivity index (χ1n) is 7.31. The zero-order valence-corrected chi connectivity index (χ0v) is 12.1. The van der Waals surface area contributed by atoms with Crippen LogP contribution in [-0.2, 0) is 20.9 Å². The predicted octanol–water partition coefficient (Wildman–Crippen LogP) is 2.40. The number of hydrogen-bond donors (Lipinski definition) is 1. The fourth-order valence-corrected chi connectivity index (χ4v) is 2.60. The summed E-state index contributed by atoms with van der Waals surface area (Å²) in [5.41, 5.74) is 1.91. The van der Waals surface area contributed by atoms with E-state index in [-0.39, 0.29) is 17.8 Å². The lowest BCUT2D eigenvalue weighted by atomic mass is 9.95. The van der Waals surface area contributed by atoms with Crippen molar-refractivity contribution in [2.75, 3.05) is 0 Å². The highest BCUT2D eigenvalue weighted by Gasteiger charge is 2.39. The van der Waals surface area contributed by atoms with Crippen LogP contribution in [0.1, 0.15) is 23.5 Å². The van der Waals surface area contributed by atoms with Crippen LogP contribution >= 0.6 is 0 Å². The predicted molar refractivity (Wildman–Crippen MR) is 82.0 cm³/mol. The number of cyclic esters (lactones) is 1. The molecule has 1 aliphatic heterocycles. The molecule has 0 saturated carbocycles. The zero-order valence-electron chi connectivity index (χ0n) is 12.1. The third kappa shape index (κ3) is 3.17. The van der Waals surface area contributed by atoms with Gasteiger partial charge in [-0.05, 0) is 11.1 Å². The van der Waals surface area contributed by atoms with Crippen molar-refractivity contribution >= 4 is 11.9 Å². The van der Waals surface area contributed by atoms with E-state index in [1.807, 2.05) is 60.7 Å². The number of esters is 1. The minimum atomic E-state index is -0.707. The minimum absolute atomic E-state index is 0.240. The molecule has 22 heavy (non-hydrogen) atoms. The van der Waals surface area contributed by atoms with Crippen LogP contribution < -0.4 is 5.32 Å². The van der Waals surface area contributed by atoms with E-state index in [9.17, 15) is 9.59 Å². The van der Waals surface area contributed by atoms with E-state index in [2.05, 4.69) is 5.32 Å². The third-order valence-corrected chi connectivity index (χ3v) is 3.80. The Morgan fingerprint density at radius 3 is 2.36 bits per heavy atom. The number of carbonyl (C=O) groups excluding carboxylic acids is 2. The maximum atomic E-state index is 12.2. The van der Waals surface area contributed by atoms with E-state index in [4.69, 9.17) is 4.74 Å². The van der Waals surface area contributed by atoms with Gasteiger partial charge in [-0.1, -0.05) is 60.7 Å². The SMILES string of the molecule is O=C(NCc1ccccc1)C1CC(c2ccccc2)C(=O)O1. The van der Waals surface area contributed by atoms with Gasteiger partial charge >= 0.3 is 5.97 Å². The Kier molecular flexibility index (Phi) is 4.19. The molecule has 0 bridgehead atoms. The van der Waals surface area contributed by atoms with Crippen molar-refractivity contribution in [3.05, 3.63) is 71.8 Å². The molecule has 1 saturated heterocycles. The van der Waals surface area contributed by atoms with Crippen molar-refractivity contribution in [3.63, 3.8) is 0 Å². The largest absolute Gasteiger partial charge is 0.452 e. The molecule has 2 atom stereocenters. The van der Waals surface area contributed by atoms with Gasteiger partial charge in [0.15, 0.2) is 6.10 Å². The van der Waals surface area contributed by atoms with Crippen molar-refractivity contribution in [3.8, 4) is 0 Å². The van der Waals surface area contributed by atoms with Gasteiger partial charge in [-0.2, -0.15) is 0 Å². The van der Waals surface area contributed by atoms with Gasteiger partial charge in [0.25, 0.3) is 5.91 Å². The normalized spacial score (nSPS) is 20.5. The number of benzene rings is 2. The van der Waals surface area contributed by atoms with E-state index < -0.39 is 6.10 Å². The molecule has 1 N–H and O–H groups in total. The lowest BCUT2D eigenvalue weighted by Gasteiger charge is -2.10. The van der Waals surface area contributed by atoms with Crippen LogP contribution in [0.5, 0.6) is 0 Å². The Balaban J connectivity index is 1.59. The molecule has 4 nitrogen and oxygen atoms in total. The van der Waals surface area contributed by atoms with Gasteiger partial charge in [-0.3, -0.25) is 9.59 Å². The van der Waals surface area contributed by atoms with Crippen LogP contribution in [0.25, 0.3) is 0 Å². The molecule has 3 rings (SSSR count). The molecule has 1 amide bonds.